The van der Waals surface area contributed by atoms with E-state index in [1.807, 2.05) is 0 Å². The molecule has 2 aromatic carbocycles. The Labute approximate surface area is 177 Å². The first kappa shape index (κ1) is 21.6. The third-order valence-electron chi connectivity index (χ3n) is 4.58. The minimum absolute atomic E-state index is 0.0717. The van der Waals surface area contributed by atoms with Crippen LogP contribution in [0.3, 0.4) is 0 Å². The van der Waals surface area contributed by atoms with E-state index in [-0.39, 0.29) is 35.8 Å². The summed E-state index contributed by atoms with van der Waals surface area (Å²) in [5.74, 6) is -0.907. The van der Waals surface area contributed by atoms with Gasteiger partial charge in [-0.15, -0.1) is 5.10 Å². The van der Waals surface area contributed by atoms with Crippen LogP contribution in [0.15, 0.2) is 42.5 Å². The number of carbonyl (C=O) groups is 2. The van der Waals surface area contributed by atoms with Gasteiger partial charge < -0.3 is 9.47 Å². The number of nitro benzene ring substituents is 1. The van der Waals surface area contributed by atoms with E-state index in [1.165, 1.54) is 16.8 Å². The van der Waals surface area contributed by atoms with Gasteiger partial charge in [0.25, 0.3) is 5.69 Å². The minimum atomic E-state index is -0.830. The molecule has 10 nitrogen and oxygen atoms in total. The number of aryl methyl sites for hydroxylation is 1. The van der Waals surface area contributed by atoms with Crippen molar-refractivity contribution in [2.45, 2.75) is 20.4 Å². The third-order valence-corrected chi connectivity index (χ3v) is 4.58. The largest absolute Gasteiger partial charge is 0.497 e. The maximum absolute atomic E-state index is 13.5. The average molecular weight is 424 g/mol. The van der Waals surface area contributed by atoms with Gasteiger partial charge in [0.15, 0.2) is 0 Å². The van der Waals surface area contributed by atoms with Crippen LogP contribution < -0.4 is 4.74 Å². The predicted molar refractivity (Wildman–Crippen MR) is 109 cm³/mol. The number of carbonyl (C=O) groups excluding carboxylic acids is 2. The Morgan fingerprint density at radius 1 is 1.16 bits per heavy atom. The van der Waals surface area contributed by atoms with Crippen LogP contribution in [0.1, 0.15) is 44.6 Å². The van der Waals surface area contributed by atoms with Crippen LogP contribution in [-0.2, 0) is 11.3 Å². The van der Waals surface area contributed by atoms with Gasteiger partial charge in [0.05, 0.1) is 25.2 Å². The Kier molecular flexibility index (Phi) is 6.39. The summed E-state index contributed by atoms with van der Waals surface area (Å²) in [5.41, 5.74) is 0.193. The average Bonchev–Trinajstić information content (AvgIpc) is 3.17. The van der Waals surface area contributed by atoms with E-state index in [4.69, 9.17) is 9.47 Å². The molecule has 0 N–H and O–H groups in total. The quantitative estimate of drug-likeness (QED) is 0.234. The number of rotatable bonds is 8. The van der Waals surface area contributed by atoms with E-state index < -0.39 is 16.7 Å². The van der Waals surface area contributed by atoms with Crippen molar-refractivity contribution in [3.63, 3.8) is 0 Å². The molecule has 3 aromatic rings. The number of hydrogen-bond donors (Lipinski definition) is 0. The number of nitro groups is 1. The summed E-state index contributed by atoms with van der Waals surface area (Å²) in [7, 11) is 1.55. The zero-order chi connectivity index (χ0) is 22.5. The van der Waals surface area contributed by atoms with E-state index in [9.17, 15) is 19.7 Å². The lowest BCUT2D eigenvalue weighted by atomic mass is 9.99. The molecule has 0 aliphatic rings. The molecule has 0 saturated carbocycles. The molecule has 10 heteroatoms. The van der Waals surface area contributed by atoms with E-state index in [1.54, 1.807) is 51.3 Å². The van der Waals surface area contributed by atoms with Crippen molar-refractivity contribution in [1.29, 1.82) is 0 Å². The maximum atomic E-state index is 13.5. The maximum Gasteiger partial charge on any atom is 0.361 e. The normalized spacial score (nSPS) is 10.5. The minimum Gasteiger partial charge on any atom is -0.497 e. The number of esters is 1. The van der Waals surface area contributed by atoms with E-state index >= 15 is 0 Å². The highest BCUT2D eigenvalue weighted by Gasteiger charge is 2.32. The van der Waals surface area contributed by atoms with Crippen LogP contribution in [0.4, 0.5) is 5.69 Å². The van der Waals surface area contributed by atoms with Gasteiger partial charge in [-0.1, -0.05) is 29.5 Å². The van der Waals surface area contributed by atoms with Crippen LogP contribution in [0.25, 0.3) is 0 Å². The van der Waals surface area contributed by atoms with Gasteiger partial charge in [0, 0.05) is 6.07 Å². The number of ether oxygens (including phenoxy) is 2. The molecule has 0 aliphatic carbocycles. The molecule has 160 valence electrons. The summed E-state index contributed by atoms with van der Waals surface area (Å²) in [6, 6.07) is 11.3. The predicted octanol–water partition coefficient (Wildman–Crippen LogP) is 2.96. The second-order valence-corrected chi connectivity index (χ2v) is 6.57. The van der Waals surface area contributed by atoms with Gasteiger partial charge in [-0.2, -0.15) is 0 Å². The summed E-state index contributed by atoms with van der Waals surface area (Å²) in [4.78, 5) is 36.8. The van der Waals surface area contributed by atoms with Crippen molar-refractivity contribution in [2.24, 2.45) is 0 Å². The monoisotopic (exact) mass is 424 g/mol. The Hall–Kier alpha value is -4.08. The molecule has 0 atom stereocenters. The van der Waals surface area contributed by atoms with E-state index in [2.05, 4.69) is 10.3 Å². The number of benzene rings is 2. The first-order valence-electron chi connectivity index (χ1n) is 9.39. The smallest absolute Gasteiger partial charge is 0.361 e. The zero-order valence-electron chi connectivity index (χ0n) is 17.2. The van der Waals surface area contributed by atoms with Crippen LogP contribution >= 0.6 is 0 Å². The Morgan fingerprint density at radius 3 is 2.48 bits per heavy atom. The van der Waals surface area contributed by atoms with Crippen molar-refractivity contribution in [3.05, 3.63) is 80.7 Å². The Bertz CT molecular complexity index is 1140. The molecule has 0 radical (unpaired) electrons. The van der Waals surface area contributed by atoms with Crippen LogP contribution in [0, 0.1) is 17.0 Å². The highest BCUT2D eigenvalue weighted by Crippen LogP contribution is 2.26. The first-order valence-corrected chi connectivity index (χ1v) is 9.39. The van der Waals surface area contributed by atoms with Gasteiger partial charge in [-0.25, -0.2) is 9.48 Å². The number of hydrogen-bond acceptors (Lipinski definition) is 8. The van der Waals surface area contributed by atoms with Gasteiger partial charge in [0.1, 0.15) is 17.0 Å². The fourth-order valence-corrected chi connectivity index (χ4v) is 3.11. The molecule has 0 saturated heterocycles. The summed E-state index contributed by atoms with van der Waals surface area (Å²) < 4.78 is 11.4. The highest BCUT2D eigenvalue weighted by molar-refractivity contribution is 6.15. The number of methoxy groups -OCH3 is 1. The fraction of sp³-hybridized carbons (Fsp3) is 0.238. The molecule has 1 aromatic heterocycles. The molecule has 3 rings (SSSR count). The summed E-state index contributed by atoms with van der Waals surface area (Å²) in [6.45, 7) is 3.38. The molecule has 1 heterocycles. The van der Waals surface area contributed by atoms with Crippen LogP contribution in [0.5, 0.6) is 5.75 Å². The van der Waals surface area contributed by atoms with Gasteiger partial charge >= 0.3 is 5.97 Å². The van der Waals surface area contributed by atoms with Gasteiger partial charge in [-0.3, -0.25) is 14.9 Å². The second kappa shape index (κ2) is 9.16. The van der Waals surface area contributed by atoms with Gasteiger partial charge in [0.2, 0.25) is 11.5 Å². The van der Waals surface area contributed by atoms with Gasteiger partial charge in [-0.05, 0) is 37.1 Å². The summed E-state index contributed by atoms with van der Waals surface area (Å²) >= 11 is 0. The zero-order valence-corrected chi connectivity index (χ0v) is 17.2. The van der Waals surface area contributed by atoms with Crippen molar-refractivity contribution < 1.29 is 24.0 Å². The Balaban J connectivity index is 2.12. The molecule has 0 amide bonds. The number of nitrogens with zero attached hydrogens (tertiary/aromatic N) is 4. The van der Waals surface area contributed by atoms with Crippen molar-refractivity contribution in [2.75, 3.05) is 13.7 Å². The lowest BCUT2D eigenvalue weighted by Gasteiger charge is -2.10. The lowest BCUT2D eigenvalue weighted by molar-refractivity contribution is -0.385. The topological polar surface area (TPSA) is 126 Å². The molecule has 0 spiro atoms. The van der Waals surface area contributed by atoms with Crippen LogP contribution in [-0.4, -0.2) is 45.4 Å². The fourth-order valence-electron chi connectivity index (χ4n) is 3.11. The molecule has 0 aliphatic heterocycles. The molecule has 0 bridgehead atoms. The lowest BCUT2D eigenvalue weighted by Crippen LogP contribution is -2.19. The molecular weight excluding hydrogens is 404 g/mol. The number of ketones is 1. The molecule has 0 fully saturated rings. The highest BCUT2D eigenvalue weighted by atomic mass is 16.6. The van der Waals surface area contributed by atoms with E-state index in [0.29, 0.717) is 11.3 Å². The standard InChI is InChI=1S/C21H20N4O6/c1-4-31-21(27)18-19(20(26)17-13(2)6-5-7-16(17)25(28)29)24(23-22-18)12-14-8-10-15(30-3)11-9-14/h5-11H,4,12H2,1-3H3. The third kappa shape index (κ3) is 4.42. The Morgan fingerprint density at radius 2 is 1.87 bits per heavy atom. The van der Waals surface area contributed by atoms with Crippen molar-refractivity contribution >= 4 is 17.4 Å². The second-order valence-electron chi connectivity index (χ2n) is 6.57. The summed E-state index contributed by atoms with van der Waals surface area (Å²) in [6.07, 6.45) is 0. The first-order chi connectivity index (χ1) is 14.9. The number of aromatic nitrogens is 3. The molecular formula is C21H20N4O6. The SMILES string of the molecule is CCOC(=O)c1nnn(Cc2ccc(OC)cc2)c1C(=O)c1c(C)cccc1[N+](=O)[O-]. The van der Waals surface area contributed by atoms with E-state index in [0.717, 1.165) is 5.56 Å². The van der Waals surface area contributed by atoms with Crippen molar-refractivity contribution in [3.8, 4) is 5.75 Å². The van der Waals surface area contributed by atoms with Crippen molar-refractivity contribution in [1.82, 2.24) is 15.0 Å². The molecule has 31 heavy (non-hydrogen) atoms. The van der Waals surface area contributed by atoms with Crippen LogP contribution in [0.2, 0.25) is 0 Å². The molecule has 0 unspecified atom stereocenters. The summed E-state index contributed by atoms with van der Waals surface area (Å²) in [5, 5.41) is 19.3.